The fraction of sp³-hybridized carbons (Fsp3) is 0.545. The lowest BCUT2D eigenvalue weighted by molar-refractivity contribution is 0.229. The topological polar surface area (TPSA) is 45.2 Å². The standard InChI is InChI=1S/C11H16N2O/c1-9-4-10(6-12-5-9)7-13-11(8-14)2-3-11/h4-6,13-14H,2-3,7-8H2,1H3. The molecule has 0 aliphatic heterocycles. The van der Waals surface area contributed by atoms with Crippen LogP contribution < -0.4 is 5.32 Å². The Kier molecular flexibility index (Phi) is 2.52. The summed E-state index contributed by atoms with van der Waals surface area (Å²) in [6, 6.07) is 2.12. The number of aliphatic hydroxyl groups is 1. The van der Waals surface area contributed by atoms with E-state index in [1.807, 2.05) is 19.3 Å². The Morgan fingerprint density at radius 3 is 2.86 bits per heavy atom. The second-order valence-electron chi connectivity index (χ2n) is 4.16. The molecule has 0 spiro atoms. The third-order valence-electron chi connectivity index (χ3n) is 2.76. The Labute approximate surface area is 84.2 Å². The summed E-state index contributed by atoms with van der Waals surface area (Å²) in [7, 11) is 0. The van der Waals surface area contributed by atoms with Crippen molar-refractivity contribution in [1.82, 2.24) is 10.3 Å². The molecule has 0 aromatic carbocycles. The van der Waals surface area contributed by atoms with Gasteiger partial charge in [0.15, 0.2) is 0 Å². The van der Waals surface area contributed by atoms with Crippen LogP contribution in [0.5, 0.6) is 0 Å². The van der Waals surface area contributed by atoms with Crippen molar-refractivity contribution in [3.8, 4) is 0 Å². The first-order valence-corrected chi connectivity index (χ1v) is 5.01. The molecule has 0 bridgehead atoms. The van der Waals surface area contributed by atoms with Crippen LogP contribution in [-0.4, -0.2) is 22.2 Å². The summed E-state index contributed by atoms with van der Waals surface area (Å²) in [5.41, 5.74) is 2.38. The van der Waals surface area contributed by atoms with Crippen LogP contribution in [0.3, 0.4) is 0 Å². The Morgan fingerprint density at radius 1 is 1.50 bits per heavy atom. The van der Waals surface area contributed by atoms with Crippen LogP contribution in [0.4, 0.5) is 0 Å². The average molecular weight is 192 g/mol. The zero-order chi connectivity index (χ0) is 10.0. The van der Waals surface area contributed by atoms with E-state index in [1.54, 1.807) is 0 Å². The summed E-state index contributed by atoms with van der Waals surface area (Å²) in [6.45, 7) is 3.08. The van der Waals surface area contributed by atoms with Crippen molar-refractivity contribution < 1.29 is 5.11 Å². The summed E-state index contributed by atoms with van der Waals surface area (Å²) < 4.78 is 0. The van der Waals surface area contributed by atoms with Crippen LogP contribution in [0.25, 0.3) is 0 Å². The molecular weight excluding hydrogens is 176 g/mol. The number of hydrogen-bond acceptors (Lipinski definition) is 3. The van der Waals surface area contributed by atoms with Gasteiger partial charge in [0.2, 0.25) is 0 Å². The van der Waals surface area contributed by atoms with E-state index < -0.39 is 0 Å². The molecule has 1 fully saturated rings. The van der Waals surface area contributed by atoms with Crippen LogP contribution in [0, 0.1) is 6.92 Å². The van der Waals surface area contributed by atoms with Gasteiger partial charge in [0, 0.05) is 24.5 Å². The molecule has 1 aromatic heterocycles. The van der Waals surface area contributed by atoms with Gasteiger partial charge in [0.25, 0.3) is 0 Å². The number of rotatable bonds is 4. The number of aryl methyl sites for hydroxylation is 1. The Hall–Kier alpha value is -0.930. The second-order valence-corrected chi connectivity index (χ2v) is 4.16. The van der Waals surface area contributed by atoms with Crippen molar-refractivity contribution in [3.63, 3.8) is 0 Å². The van der Waals surface area contributed by atoms with Crippen molar-refractivity contribution in [3.05, 3.63) is 29.6 Å². The van der Waals surface area contributed by atoms with Crippen molar-refractivity contribution in [2.75, 3.05) is 6.61 Å². The molecule has 1 saturated carbocycles. The van der Waals surface area contributed by atoms with Gasteiger partial charge in [0.1, 0.15) is 0 Å². The zero-order valence-electron chi connectivity index (χ0n) is 8.45. The average Bonchev–Trinajstić information content (AvgIpc) is 2.96. The predicted octanol–water partition coefficient (Wildman–Crippen LogP) is 1.00. The highest BCUT2D eigenvalue weighted by atomic mass is 16.3. The highest BCUT2D eigenvalue weighted by Crippen LogP contribution is 2.34. The number of hydrogen-bond donors (Lipinski definition) is 2. The lowest BCUT2D eigenvalue weighted by Gasteiger charge is -2.13. The van der Waals surface area contributed by atoms with E-state index in [9.17, 15) is 0 Å². The molecule has 3 heteroatoms. The molecule has 1 aliphatic carbocycles. The quantitative estimate of drug-likeness (QED) is 0.748. The largest absolute Gasteiger partial charge is 0.394 e. The van der Waals surface area contributed by atoms with Crippen molar-refractivity contribution >= 4 is 0 Å². The first-order chi connectivity index (χ1) is 6.74. The van der Waals surface area contributed by atoms with E-state index in [1.165, 1.54) is 11.1 Å². The maximum Gasteiger partial charge on any atom is 0.0613 e. The lowest BCUT2D eigenvalue weighted by Crippen LogP contribution is -2.34. The van der Waals surface area contributed by atoms with E-state index in [-0.39, 0.29) is 12.1 Å². The first kappa shape index (κ1) is 9.62. The molecule has 14 heavy (non-hydrogen) atoms. The number of nitrogens with zero attached hydrogens (tertiary/aromatic N) is 1. The number of pyridine rings is 1. The van der Waals surface area contributed by atoms with Gasteiger partial charge in [0.05, 0.1) is 6.61 Å². The van der Waals surface area contributed by atoms with E-state index in [2.05, 4.69) is 16.4 Å². The van der Waals surface area contributed by atoms with Gasteiger partial charge < -0.3 is 10.4 Å². The van der Waals surface area contributed by atoms with Gasteiger partial charge >= 0.3 is 0 Å². The van der Waals surface area contributed by atoms with Crippen molar-refractivity contribution in [2.45, 2.75) is 31.8 Å². The smallest absolute Gasteiger partial charge is 0.0613 e. The molecule has 2 rings (SSSR count). The van der Waals surface area contributed by atoms with Crippen LogP contribution in [0.1, 0.15) is 24.0 Å². The monoisotopic (exact) mass is 192 g/mol. The second kappa shape index (κ2) is 3.67. The summed E-state index contributed by atoms with van der Waals surface area (Å²) in [5, 5.41) is 12.5. The normalized spacial score (nSPS) is 18.1. The van der Waals surface area contributed by atoms with Crippen LogP contribution >= 0.6 is 0 Å². The van der Waals surface area contributed by atoms with Gasteiger partial charge in [-0.3, -0.25) is 4.98 Å². The van der Waals surface area contributed by atoms with E-state index >= 15 is 0 Å². The molecule has 0 radical (unpaired) electrons. The summed E-state index contributed by atoms with van der Waals surface area (Å²) in [6.07, 6.45) is 5.89. The Bertz CT molecular complexity index is 321. The van der Waals surface area contributed by atoms with Crippen molar-refractivity contribution in [1.29, 1.82) is 0 Å². The lowest BCUT2D eigenvalue weighted by atomic mass is 10.2. The van der Waals surface area contributed by atoms with Gasteiger partial charge in [-0.15, -0.1) is 0 Å². The van der Waals surface area contributed by atoms with E-state index in [4.69, 9.17) is 5.11 Å². The number of nitrogens with one attached hydrogen (secondary N) is 1. The predicted molar refractivity (Wildman–Crippen MR) is 54.9 cm³/mol. The highest BCUT2D eigenvalue weighted by molar-refractivity contribution is 5.17. The van der Waals surface area contributed by atoms with Crippen molar-refractivity contribution in [2.24, 2.45) is 0 Å². The molecular formula is C11H16N2O. The molecule has 0 unspecified atom stereocenters. The Balaban J connectivity index is 1.92. The summed E-state index contributed by atoms with van der Waals surface area (Å²) >= 11 is 0. The molecule has 0 saturated heterocycles. The van der Waals surface area contributed by atoms with E-state index in [0.717, 1.165) is 19.4 Å². The molecule has 1 aromatic rings. The fourth-order valence-corrected chi connectivity index (χ4v) is 1.55. The third-order valence-corrected chi connectivity index (χ3v) is 2.76. The Morgan fingerprint density at radius 2 is 2.29 bits per heavy atom. The summed E-state index contributed by atoms with van der Waals surface area (Å²) in [4.78, 5) is 4.13. The molecule has 2 N–H and O–H groups in total. The minimum atomic E-state index is 0.0176. The number of aromatic nitrogens is 1. The van der Waals surface area contributed by atoms with Gasteiger partial charge in [-0.2, -0.15) is 0 Å². The summed E-state index contributed by atoms with van der Waals surface area (Å²) in [5.74, 6) is 0. The maximum atomic E-state index is 9.11. The number of aliphatic hydroxyl groups excluding tert-OH is 1. The van der Waals surface area contributed by atoms with Crippen LogP contribution in [0.15, 0.2) is 18.5 Å². The van der Waals surface area contributed by atoms with Crippen LogP contribution in [-0.2, 0) is 6.54 Å². The van der Waals surface area contributed by atoms with Gasteiger partial charge in [-0.25, -0.2) is 0 Å². The van der Waals surface area contributed by atoms with E-state index in [0.29, 0.717) is 0 Å². The molecule has 1 heterocycles. The molecule has 0 amide bonds. The molecule has 76 valence electrons. The maximum absolute atomic E-state index is 9.11. The SMILES string of the molecule is Cc1cncc(CNC2(CO)CC2)c1. The van der Waals surface area contributed by atoms with Gasteiger partial charge in [-0.1, -0.05) is 6.07 Å². The third kappa shape index (κ3) is 2.11. The zero-order valence-corrected chi connectivity index (χ0v) is 8.45. The molecule has 0 atom stereocenters. The molecule has 3 nitrogen and oxygen atoms in total. The highest BCUT2D eigenvalue weighted by Gasteiger charge is 2.41. The van der Waals surface area contributed by atoms with Gasteiger partial charge in [-0.05, 0) is 30.9 Å². The fourth-order valence-electron chi connectivity index (χ4n) is 1.55. The van der Waals surface area contributed by atoms with Crippen LogP contribution in [0.2, 0.25) is 0 Å². The molecule has 1 aliphatic rings. The minimum Gasteiger partial charge on any atom is -0.394 e. The minimum absolute atomic E-state index is 0.0176. The first-order valence-electron chi connectivity index (χ1n) is 5.01.